The molecule has 0 spiro atoms. The SMILES string of the molecule is CCC[C@@]1(O)CC[C@H]2[C@H](CC[C@@H]3[C@@H]2CC[C@]2(C)[C@@H](CCc4cnc(C)cn4)CC[C@@H]32)C1. The highest BCUT2D eigenvalue weighted by Crippen LogP contribution is 2.65. The topological polar surface area (TPSA) is 46.0 Å². The van der Waals surface area contributed by atoms with Crippen molar-refractivity contribution in [2.75, 3.05) is 0 Å². The van der Waals surface area contributed by atoms with Crippen molar-refractivity contribution in [3.63, 3.8) is 0 Å². The first kappa shape index (κ1) is 21.9. The van der Waals surface area contributed by atoms with E-state index in [1.54, 1.807) is 0 Å². The number of aliphatic hydroxyl groups is 1. The van der Waals surface area contributed by atoms with Gasteiger partial charge in [-0.3, -0.25) is 9.97 Å². The number of hydrogen-bond acceptors (Lipinski definition) is 3. The smallest absolute Gasteiger partial charge is 0.0650 e. The van der Waals surface area contributed by atoms with Crippen LogP contribution in [0.3, 0.4) is 0 Å². The minimum Gasteiger partial charge on any atom is -0.390 e. The van der Waals surface area contributed by atoms with Crippen molar-refractivity contribution in [1.29, 1.82) is 0 Å². The first-order valence-corrected chi connectivity index (χ1v) is 13.4. The van der Waals surface area contributed by atoms with Crippen LogP contribution >= 0.6 is 0 Å². The Balaban J connectivity index is 1.24. The molecule has 0 aliphatic heterocycles. The molecule has 4 aliphatic rings. The summed E-state index contributed by atoms with van der Waals surface area (Å²) in [4.78, 5) is 9.08. The third-order valence-electron chi connectivity index (χ3n) is 10.6. The number of aryl methyl sites for hydroxylation is 2. The fraction of sp³-hybridized carbons (Fsp3) is 0.857. The Morgan fingerprint density at radius 1 is 0.968 bits per heavy atom. The van der Waals surface area contributed by atoms with Crippen LogP contribution in [0.25, 0.3) is 0 Å². The standard InChI is InChI=1S/C28H44N2O/c1-4-13-28(31)15-12-23-20(16-28)5-9-25-24(23)11-14-27(3)21(7-10-26(25)27)6-8-22-18-29-19(2)17-30-22/h17-18,20-21,23-26,31H,4-16H2,1-3H3/t20-,21+,23+,24-,25-,26+,27-,28-/m1/s1. The van der Waals surface area contributed by atoms with Crippen molar-refractivity contribution in [2.45, 2.75) is 110 Å². The Hall–Kier alpha value is -0.960. The molecule has 31 heavy (non-hydrogen) atoms. The predicted octanol–water partition coefficient (Wildman–Crippen LogP) is 6.52. The summed E-state index contributed by atoms with van der Waals surface area (Å²) in [6.45, 7) is 6.90. The predicted molar refractivity (Wildman–Crippen MR) is 126 cm³/mol. The normalized spacial score (nSPS) is 44.4. The summed E-state index contributed by atoms with van der Waals surface area (Å²) in [6, 6.07) is 0. The van der Waals surface area contributed by atoms with Gasteiger partial charge in [-0.05, 0) is 125 Å². The first-order valence-electron chi connectivity index (χ1n) is 13.4. The zero-order chi connectivity index (χ0) is 21.6. The quantitative estimate of drug-likeness (QED) is 0.585. The molecule has 0 bridgehead atoms. The lowest BCUT2D eigenvalue weighted by Gasteiger charge is -2.57. The van der Waals surface area contributed by atoms with Gasteiger partial charge in [0.15, 0.2) is 0 Å². The van der Waals surface area contributed by atoms with Crippen LogP contribution in [0.1, 0.15) is 102 Å². The molecule has 1 heterocycles. The molecule has 172 valence electrons. The van der Waals surface area contributed by atoms with Crippen molar-refractivity contribution in [2.24, 2.45) is 40.9 Å². The minimum absolute atomic E-state index is 0.344. The maximum atomic E-state index is 11.1. The number of hydrogen-bond donors (Lipinski definition) is 1. The van der Waals surface area contributed by atoms with Gasteiger partial charge in [0.2, 0.25) is 0 Å². The summed E-state index contributed by atoms with van der Waals surface area (Å²) in [5.74, 6) is 5.42. The van der Waals surface area contributed by atoms with E-state index in [4.69, 9.17) is 0 Å². The van der Waals surface area contributed by atoms with E-state index < -0.39 is 0 Å². The van der Waals surface area contributed by atoms with Crippen molar-refractivity contribution in [3.05, 3.63) is 23.8 Å². The zero-order valence-electron chi connectivity index (χ0n) is 20.2. The molecule has 4 aliphatic carbocycles. The molecule has 1 N–H and O–H groups in total. The van der Waals surface area contributed by atoms with Gasteiger partial charge < -0.3 is 5.11 Å². The third kappa shape index (κ3) is 3.98. The molecular weight excluding hydrogens is 380 g/mol. The Labute approximate surface area is 189 Å². The minimum atomic E-state index is -0.344. The summed E-state index contributed by atoms with van der Waals surface area (Å²) < 4.78 is 0. The molecule has 1 aromatic rings. The van der Waals surface area contributed by atoms with Crippen LogP contribution in [-0.2, 0) is 6.42 Å². The van der Waals surface area contributed by atoms with Gasteiger partial charge in [0.05, 0.1) is 17.0 Å². The fourth-order valence-corrected chi connectivity index (χ4v) is 9.11. The molecule has 5 rings (SSSR count). The van der Waals surface area contributed by atoms with Gasteiger partial charge in [-0.2, -0.15) is 0 Å². The molecule has 0 radical (unpaired) electrons. The summed E-state index contributed by atoms with van der Waals surface area (Å²) in [7, 11) is 0. The van der Waals surface area contributed by atoms with Crippen LogP contribution in [0.5, 0.6) is 0 Å². The van der Waals surface area contributed by atoms with E-state index in [1.165, 1.54) is 57.1 Å². The molecule has 0 saturated heterocycles. The molecule has 4 fully saturated rings. The van der Waals surface area contributed by atoms with E-state index in [0.717, 1.165) is 73.3 Å². The lowest BCUT2D eigenvalue weighted by Crippen LogP contribution is -2.51. The van der Waals surface area contributed by atoms with E-state index in [-0.39, 0.29) is 5.60 Å². The third-order valence-corrected chi connectivity index (χ3v) is 10.6. The van der Waals surface area contributed by atoms with E-state index in [0.29, 0.717) is 5.41 Å². The van der Waals surface area contributed by atoms with Gasteiger partial charge in [0.1, 0.15) is 0 Å². The number of aromatic nitrogens is 2. The van der Waals surface area contributed by atoms with E-state index in [2.05, 4.69) is 23.8 Å². The number of rotatable bonds is 5. The molecular formula is C28H44N2O. The molecule has 8 atom stereocenters. The fourth-order valence-electron chi connectivity index (χ4n) is 9.11. The zero-order valence-corrected chi connectivity index (χ0v) is 20.2. The Kier molecular flexibility index (Phi) is 5.95. The van der Waals surface area contributed by atoms with Crippen molar-refractivity contribution >= 4 is 0 Å². The maximum Gasteiger partial charge on any atom is 0.0650 e. The molecule has 3 heteroatoms. The molecule has 1 aromatic heterocycles. The van der Waals surface area contributed by atoms with Crippen molar-refractivity contribution in [1.82, 2.24) is 9.97 Å². The van der Waals surface area contributed by atoms with E-state index >= 15 is 0 Å². The molecule has 4 saturated carbocycles. The number of nitrogens with zero attached hydrogens (tertiary/aromatic N) is 2. The van der Waals surface area contributed by atoms with Crippen LogP contribution < -0.4 is 0 Å². The molecule has 0 aromatic carbocycles. The van der Waals surface area contributed by atoms with Gasteiger partial charge in [0, 0.05) is 12.4 Å². The highest BCUT2D eigenvalue weighted by atomic mass is 16.3. The second kappa shape index (κ2) is 8.43. The molecule has 3 nitrogen and oxygen atoms in total. The Bertz CT molecular complexity index is 763. The highest BCUT2D eigenvalue weighted by molar-refractivity contribution is 5.08. The van der Waals surface area contributed by atoms with E-state index in [9.17, 15) is 5.11 Å². The first-order chi connectivity index (χ1) is 14.9. The van der Waals surface area contributed by atoms with Gasteiger partial charge in [-0.1, -0.05) is 20.3 Å². The monoisotopic (exact) mass is 424 g/mol. The van der Waals surface area contributed by atoms with E-state index in [1.807, 2.05) is 19.3 Å². The second-order valence-corrected chi connectivity index (χ2v) is 12.2. The van der Waals surface area contributed by atoms with Crippen LogP contribution in [0, 0.1) is 47.8 Å². The molecule has 0 amide bonds. The van der Waals surface area contributed by atoms with Crippen LogP contribution in [0.4, 0.5) is 0 Å². The summed E-state index contributed by atoms with van der Waals surface area (Å²) in [6.07, 6.45) is 20.5. The van der Waals surface area contributed by atoms with Gasteiger partial charge in [-0.15, -0.1) is 0 Å². The van der Waals surface area contributed by atoms with Crippen molar-refractivity contribution < 1.29 is 5.11 Å². The summed E-state index contributed by atoms with van der Waals surface area (Å²) >= 11 is 0. The Morgan fingerprint density at radius 2 is 1.81 bits per heavy atom. The lowest BCUT2D eigenvalue weighted by molar-refractivity contribution is -0.108. The largest absolute Gasteiger partial charge is 0.390 e. The lowest BCUT2D eigenvalue weighted by atomic mass is 9.48. The summed E-state index contributed by atoms with van der Waals surface area (Å²) in [5, 5.41) is 11.1. The average molecular weight is 425 g/mol. The van der Waals surface area contributed by atoms with Gasteiger partial charge >= 0.3 is 0 Å². The van der Waals surface area contributed by atoms with Crippen LogP contribution in [0.15, 0.2) is 12.4 Å². The summed E-state index contributed by atoms with van der Waals surface area (Å²) in [5.41, 5.74) is 2.39. The Morgan fingerprint density at radius 3 is 2.58 bits per heavy atom. The average Bonchev–Trinajstić information content (AvgIpc) is 3.09. The maximum absolute atomic E-state index is 11.1. The number of fused-ring (bicyclic) bond motifs is 5. The van der Waals surface area contributed by atoms with Gasteiger partial charge in [0.25, 0.3) is 0 Å². The molecule has 0 unspecified atom stereocenters. The van der Waals surface area contributed by atoms with Crippen molar-refractivity contribution in [3.8, 4) is 0 Å². The van der Waals surface area contributed by atoms with Gasteiger partial charge in [-0.25, -0.2) is 0 Å². The van der Waals surface area contributed by atoms with Crippen LogP contribution in [-0.4, -0.2) is 20.7 Å². The van der Waals surface area contributed by atoms with Crippen LogP contribution in [0.2, 0.25) is 0 Å². The second-order valence-electron chi connectivity index (χ2n) is 12.2. The highest BCUT2D eigenvalue weighted by Gasteiger charge is 2.57.